The third-order valence-corrected chi connectivity index (χ3v) is 5.07. The van der Waals surface area contributed by atoms with E-state index in [-0.39, 0.29) is 28.3 Å². The van der Waals surface area contributed by atoms with Gasteiger partial charge in [-0.15, -0.1) is 0 Å². The Labute approximate surface area is 170 Å². The van der Waals surface area contributed by atoms with Gasteiger partial charge in [0.05, 0.1) is 22.5 Å². The maximum Gasteiger partial charge on any atom is 0.293 e. The first-order valence-corrected chi connectivity index (χ1v) is 9.43. The van der Waals surface area contributed by atoms with E-state index in [4.69, 9.17) is 13.9 Å². The molecule has 0 spiro atoms. The Morgan fingerprint density at radius 1 is 1.24 bits per heavy atom. The van der Waals surface area contributed by atoms with Gasteiger partial charge >= 0.3 is 0 Å². The second-order valence-corrected chi connectivity index (χ2v) is 7.02. The molecule has 0 radical (unpaired) electrons. The summed E-state index contributed by atoms with van der Waals surface area (Å²) in [5.41, 5.74) is 0.310. The van der Waals surface area contributed by atoms with E-state index < -0.39 is 4.92 Å². The Morgan fingerprint density at radius 2 is 2.03 bits per heavy atom. The van der Waals surface area contributed by atoms with Gasteiger partial charge < -0.3 is 13.9 Å². The Kier molecular flexibility index (Phi) is 6.35. The van der Waals surface area contributed by atoms with Crippen molar-refractivity contribution < 1.29 is 28.4 Å². The third-order valence-electron chi connectivity index (χ3n) is 4.16. The van der Waals surface area contributed by atoms with Gasteiger partial charge in [0.1, 0.15) is 17.3 Å². The van der Waals surface area contributed by atoms with Gasteiger partial charge in [0.2, 0.25) is 0 Å². The highest BCUT2D eigenvalue weighted by molar-refractivity contribution is 8.18. The average molecular weight is 418 g/mol. The van der Waals surface area contributed by atoms with Crippen LogP contribution >= 0.6 is 11.8 Å². The predicted molar refractivity (Wildman–Crippen MR) is 107 cm³/mol. The number of benzene rings is 1. The summed E-state index contributed by atoms with van der Waals surface area (Å²) in [5, 5.41) is 10.7. The molecule has 1 aromatic carbocycles. The van der Waals surface area contributed by atoms with Crippen LogP contribution < -0.4 is 4.74 Å². The smallest absolute Gasteiger partial charge is 0.293 e. The highest BCUT2D eigenvalue weighted by Gasteiger charge is 2.34. The van der Waals surface area contributed by atoms with E-state index in [1.807, 2.05) is 0 Å². The van der Waals surface area contributed by atoms with E-state index in [0.29, 0.717) is 35.9 Å². The van der Waals surface area contributed by atoms with Gasteiger partial charge in [-0.05, 0) is 36.4 Å². The molecule has 0 unspecified atom stereocenters. The minimum absolute atomic E-state index is 0.101. The van der Waals surface area contributed by atoms with Gasteiger partial charge in [0.25, 0.3) is 16.8 Å². The maximum absolute atomic E-state index is 12.4. The van der Waals surface area contributed by atoms with Crippen LogP contribution in [0.2, 0.25) is 0 Å². The van der Waals surface area contributed by atoms with E-state index in [0.717, 1.165) is 11.8 Å². The van der Waals surface area contributed by atoms with Crippen LogP contribution in [0.1, 0.15) is 12.2 Å². The molecule has 1 fully saturated rings. The van der Waals surface area contributed by atoms with Crippen LogP contribution in [0.3, 0.4) is 0 Å². The molecule has 3 rings (SSSR count). The number of methoxy groups -OCH3 is 2. The molecule has 0 bridgehead atoms. The first-order valence-electron chi connectivity index (χ1n) is 8.61. The summed E-state index contributed by atoms with van der Waals surface area (Å²) in [6, 6.07) is 7.42. The number of non-ortho nitro benzene ring substituents is 1. The molecule has 10 heteroatoms. The minimum Gasteiger partial charge on any atom is -0.496 e. The van der Waals surface area contributed by atoms with Crippen molar-refractivity contribution in [2.24, 2.45) is 0 Å². The predicted octanol–water partition coefficient (Wildman–Crippen LogP) is 3.94. The van der Waals surface area contributed by atoms with Crippen molar-refractivity contribution in [2.75, 3.05) is 27.4 Å². The van der Waals surface area contributed by atoms with Crippen molar-refractivity contribution >= 4 is 34.7 Å². The summed E-state index contributed by atoms with van der Waals surface area (Å²) in [4.78, 5) is 36.5. The number of carbonyl (C=O) groups excluding carboxylic acids is 2. The topological polar surface area (TPSA) is 112 Å². The fourth-order valence-electron chi connectivity index (χ4n) is 2.77. The van der Waals surface area contributed by atoms with Crippen molar-refractivity contribution in [3.63, 3.8) is 0 Å². The molecule has 29 heavy (non-hydrogen) atoms. The highest BCUT2D eigenvalue weighted by Crippen LogP contribution is 2.36. The van der Waals surface area contributed by atoms with Crippen molar-refractivity contribution in [3.8, 4) is 17.1 Å². The molecule has 0 aliphatic carbocycles. The van der Waals surface area contributed by atoms with E-state index in [1.165, 1.54) is 36.3 Å². The lowest BCUT2D eigenvalue weighted by atomic mass is 10.1. The van der Waals surface area contributed by atoms with Crippen molar-refractivity contribution in [1.29, 1.82) is 0 Å². The van der Waals surface area contributed by atoms with E-state index >= 15 is 0 Å². The molecule has 1 aliphatic heterocycles. The molecule has 9 nitrogen and oxygen atoms in total. The first-order chi connectivity index (χ1) is 13.9. The Bertz CT molecular complexity index is 983. The number of hydrogen-bond acceptors (Lipinski definition) is 8. The molecule has 1 saturated heterocycles. The quantitative estimate of drug-likeness (QED) is 0.274. The number of nitro benzene ring substituents is 1. The van der Waals surface area contributed by atoms with Gasteiger partial charge in [0, 0.05) is 38.5 Å². The number of carbonyl (C=O) groups is 2. The summed E-state index contributed by atoms with van der Waals surface area (Å²) in [6.07, 6.45) is 2.04. The standard InChI is InChI=1S/C19H18N2O7S/c1-26-9-3-8-20-18(22)17(29-19(20)23)11-13-5-7-16(28-13)14-10-12(21(24)25)4-6-15(14)27-2/h4-7,10-11H,3,8-9H2,1-2H3/b17-11+. The van der Waals surface area contributed by atoms with Gasteiger partial charge in [0.15, 0.2) is 0 Å². The summed E-state index contributed by atoms with van der Waals surface area (Å²) >= 11 is 0.837. The van der Waals surface area contributed by atoms with Crippen LogP contribution in [0.25, 0.3) is 17.4 Å². The number of nitro groups is 1. The van der Waals surface area contributed by atoms with E-state index in [2.05, 4.69) is 0 Å². The first kappa shape index (κ1) is 20.6. The summed E-state index contributed by atoms with van der Waals surface area (Å²) in [6.45, 7) is 0.734. The van der Waals surface area contributed by atoms with Crippen molar-refractivity contribution in [2.45, 2.75) is 6.42 Å². The molecule has 2 heterocycles. The van der Waals surface area contributed by atoms with E-state index in [1.54, 1.807) is 19.2 Å². The molecule has 0 N–H and O–H groups in total. The number of rotatable bonds is 8. The molecular weight excluding hydrogens is 400 g/mol. The SMILES string of the molecule is COCCCN1C(=O)S/C(=C/c2ccc(-c3cc([N+](=O)[O-])ccc3OC)o2)C1=O. The largest absolute Gasteiger partial charge is 0.496 e. The van der Waals surface area contributed by atoms with Crippen molar-refractivity contribution in [3.05, 3.63) is 51.1 Å². The van der Waals surface area contributed by atoms with E-state index in [9.17, 15) is 19.7 Å². The number of ether oxygens (including phenoxy) is 2. The summed E-state index contributed by atoms with van der Waals surface area (Å²) < 4.78 is 15.9. The lowest BCUT2D eigenvalue weighted by Crippen LogP contribution is -2.29. The zero-order valence-corrected chi connectivity index (χ0v) is 16.6. The third kappa shape index (κ3) is 4.49. The molecule has 0 saturated carbocycles. The lowest BCUT2D eigenvalue weighted by molar-refractivity contribution is -0.384. The Hall–Kier alpha value is -3.11. The number of thioether (sulfide) groups is 1. The zero-order valence-electron chi connectivity index (χ0n) is 15.7. The maximum atomic E-state index is 12.4. The molecule has 2 aromatic rings. The second kappa shape index (κ2) is 8.93. The van der Waals surface area contributed by atoms with Gasteiger partial charge in [-0.2, -0.15) is 0 Å². The van der Waals surface area contributed by atoms with Crippen LogP contribution in [-0.4, -0.2) is 48.3 Å². The Balaban J connectivity index is 1.84. The van der Waals surface area contributed by atoms with Crippen LogP contribution in [0, 0.1) is 10.1 Å². The second-order valence-electron chi connectivity index (χ2n) is 6.02. The fourth-order valence-corrected chi connectivity index (χ4v) is 3.61. The molecule has 2 amide bonds. The molecule has 1 aromatic heterocycles. The van der Waals surface area contributed by atoms with Crippen LogP contribution in [0.15, 0.2) is 39.7 Å². The van der Waals surface area contributed by atoms with Crippen molar-refractivity contribution in [1.82, 2.24) is 4.90 Å². The van der Waals surface area contributed by atoms with Crippen LogP contribution in [-0.2, 0) is 9.53 Å². The number of nitrogens with zero attached hydrogens (tertiary/aromatic N) is 2. The lowest BCUT2D eigenvalue weighted by Gasteiger charge is -2.11. The van der Waals surface area contributed by atoms with Gasteiger partial charge in [-0.1, -0.05) is 0 Å². The molecular formula is C19H18N2O7S. The highest BCUT2D eigenvalue weighted by atomic mass is 32.2. The minimum atomic E-state index is -0.508. The number of amides is 2. The van der Waals surface area contributed by atoms with Crippen LogP contribution in [0.5, 0.6) is 5.75 Å². The molecule has 152 valence electrons. The number of imide groups is 1. The summed E-state index contributed by atoms with van der Waals surface area (Å²) in [7, 11) is 3.01. The zero-order chi connectivity index (χ0) is 21.0. The van der Waals surface area contributed by atoms with Crippen LogP contribution in [0.4, 0.5) is 10.5 Å². The monoisotopic (exact) mass is 418 g/mol. The van der Waals surface area contributed by atoms with Gasteiger partial charge in [-0.25, -0.2) is 0 Å². The Morgan fingerprint density at radius 3 is 2.72 bits per heavy atom. The average Bonchev–Trinajstić information content (AvgIpc) is 3.27. The summed E-state index contributed by atoms with van der Waals surface area (Å²) in [5.74, 6) is 0.712. The number of hydrogen-bond donors (Lipinski definition) is 0. The fraction of sp³-hybridized carbons (Fsp3) is 0.263. The molecule has 0 atom stereocenters. The normalized spacial score (nSPS) is 15.4. The van der Waals surface area contributed by atoms with Gasteiger partial charge in [-0.3, -0.25) is 24.6 Å². The number of furan rings is 1. The molecule has 1 aliphatic rings.